The van der Waals surface area contributed by atoms with Crippen LogP contribution in [0.15, 0.2) is 41.3 Å². The Balaban J connectivity index is 1.38. The first-order valence-corrected chi connectivity index (χ1v) is 12.9. The summed E-state index contributed by atoms with van der Waals surface area (Å²) in [5.74, 6) is -0.213. The summed E-state index contributed by atoms with van der Waals surface area (Å²) in [7, 11) is 0. The maximum atomic E-state index is 14.6. The van der Waals surface area contributed by atoms with Gasteiger partial charge in [-0.05, 0) is 77.4 Å². The fourth-order valence-electron chi connectivity index (χ4n) is 5.93. The minimum atomic E-state index is -0.641. The van der Waals surface area contributed by atoms with Crippen LogP contribution >= 0.6 is 15.9 Å². The van der Waals surface area contributed by atoms with Crippen LogP contribution in [0.4, 0.5) is 16.0 Å². The van der Waals surface area contributed by atoms with Gasteiger partial charge >= 0.3 is 0 Å². The highest BCUT2D eigenvalue weighted by atomic mass is 79.9. The lowest BCUT2D eigenvalue weighted by molar-refractivity contribution is -0.141. The second-order valence-electron chi connectivity index (χ2n) is 10.2. The highest BCUT2D eigenvalue weighted by Gasteiger charge is 2.58. The van der Waals surface area contributed by atoms with E-state index in [-0.39, 0.29) is 41.5 Å². The molecule has 11 heteroatoms. The van der Waals surface area contributed by atoms with Crippen LogP contribution in [-0.4, -0.2) is 48.3 Å². The number of carbonyl (C=O) groups is 2. The van der Waals surface area contributed by atoms with Crippen molar-refractivity contribution in [3.8, 4) is 0 Å². The number of nitrogens with zero attached hydrogens (tertiary/aromatic N) is 5. The minimum Gasteiger partial charge on any atom is -0.383 e. The lowest BCUT2D eigenvalue weighted by atomic mass is 9.66. The zero-order valence-electron chi connectivity index (χ0n) is 20.3. The van der Waals surface area contributed by atoms with Gasteiger partial charge in [-0.1, -0.05) is 13.0 Å². The third-order valence-electron chi connectivity index (χ3n) is 7.92. The third kappa shape index (κ3) is 3.75. The van der Waals surface area contributed by atoms with Crippen LogP contribution in [0.25, 0.3) is 21.9 Å². The first-order chi connectivity index (χ1) is 17.7. The van der Waals surface area contributed by atoms with Crippen LogP contribution in [-0.2, 0) is 16.1 Å². The van der Waals surface area contributed by atoms with Crippen molar-refractivity contribution in [3.05, 3.63) is 52.6 Å². The minimum absolute atomic E-state index is 0.0435. The summed E-state index contributed by atoms with van der Waals surface area (Å²) in [6, 6.07) is 7.68. The van der Waals surface area contributed by atoms with Crippen LogP contribution < -0.4 is 11.1 Å². The molecule has 0 unspecified atom stereocenters. The van der Waals surface area contributed by atoms with Gasteiger partial charge in [-0.15, -0.1) is 0 Å². The fraction of sp³-hybridized carbons (Fsp3) is 0.346. The molecule has 0 bridgehead atoms. The van der Waals surface area contributed by atoms with Gasteiger partial charge in [-0.3, -0.25) is 9.59 Å². The van der Waals surface area contributed by atoms with E-state index in [1.807, 2.05) is 0 Å². The molecule has 4 aromatic rings. The van der Waals surface area contributed by atoms with E-state index in [1.54, 1.807) is 40.7 Å². The summed E-state index contributed by atoms with van der Waals surface area (Å²) in [5, 5.41) is 4.13. The highest BCUT2D eigenvalue weighted by Crippen LogP contribution is 2.54. The Labute approximate surface area is 220 Å². The summed E-state index contributed by atoms with van der Waals surface area (Å²) < 4.78 is 16.9. The molecule has 2 fully saturated rings. The van der Waals surface area contributed by atoms with E-state index in [9.17, 15) is 14.0 Å². The number of carbonyl (C=O) groups excluding carboxylic acids is 2. The maximum absolute atomic E-state index is 14.6. The fourth-order valence-corrected chi connectivity index (χ4v) is 6.27. The average molecular weight is 566 g/mol. The molecule has 190 valence electrons. The van der Waals surface area contributed by atoms with Crippen LogP contribution in [0.2, 0.25) is 0 Å². The van der Waals surface area contributed by atoms with Crippen molar-refractivity contribution >= 4 is 61.3 Å². The second-order valence-corrected chi connectivity index (χ2v) is 11.0. The van der Waals surface area contributed by atoms with Gasteiger partial charge in [-0.25, -0.2) is 19.3 Å². The van der Waals surface area contributed by atoms with Crippen LogP contribution in [0.1, 0.15) is 31.7 Å². The average Bonchev–Trinajstić information content (AvgIpc) is 3.24. The number of benzene rings is 1. The number of likely N-dealkylation sites (tertiary alicyclic amines) is 1. The molecule has 0 spiro atoms. The predicted molar refractivity (Wildman–Crippen MR) is 141 cm³/mol. The van der Waals surface area contributed by atoms with E-state index in [4.69, 9.17) is 5.73 Å². The zero-order chi connectivity index (χ0) is 26.1. The van der Waals surface area contributed by atoms with Gasteiger partial charge in [0.05, 0.1) is 10.9 Å². The Kier molecular flexibility index (Phi) is 5.45. The number of aryl methyl sites for hydroxylation is 1. The number of rotatable bonds is 4. The molecule has 2 amide bonds. The first-order valence-electron chi connectivity index (χ1n) is 12.1. The maximum Gasteiger partial charge on any atom is 0.248 e. The van der Waals surface area contributed by atoms with Gasteiger partial charge in [0.25, 0.3) is 0 Å². The number of hydrogen-bond donors (Lipinski definition) is 2. The van der Waals surface area contributed by atoms with E-state index in [2.05, 4.69) is 43.1 Å². The molecule has 9 nitrogen and oxygen atoms in total. The summed E-state index contributed by atoms with van der Waals surface area (Å²) in [6.45, 7) is 3.69. The number of aromatic nitrogens is 4. The van der Waals surface area contributed by atoms with E-state index < -0.39 is 6.04 Å². The molecular weight excluding hydrogens is 541 g/mol. The number of amides is 2. The van der Waals surface area contributed by atoms with Gasteiger partial charge in [0.1, 0.15) is 46.6 Å². The summed E-state index contributed by atoms with van der Waals surface area (Å²) in [4.78, 5) is 41.8. The molecule has 3 atom stereocenters. The Hall–Kier alpha value is -3.60. The molecule has 1 saturated carbocycles. The Morgan fingerprint density at radius 1 is 1.30 bits per heavy atom. The molecule has 1 aromatic carbocycles. The van der Waals surface area contributed by atoms with Crippen LogP contribution in [0.5, 0.6) is 0 Å². The Morgan fingerprint density at radius 3 is 2.84 bits per heavy atom. The number of fused-ring (bicyclic) bond motifs is 4. The molecule has 6 rings (SSSR count). The first kappa shape index (κ1) is 23.8. The summed E-state index contributed by atoms with van der Waals surface area (Å²) in [6.07, 6.45) is 3.68. The van der Waals surface area contributed by atoms with Gasteiger partial charge < -0.3 is 20.5 Å². The topological polar surface area (TPSA) is 119 Å². The number of pyridine rings is 1. The van der Waals surface area contributed by atoms with Crippen LogP contribution in [0.3, 0.4) is 0 Å². The number of anilines is 2. The van der Waals surface area contributed by atoms with Crippen molar-refractivity contribution in [2.45, 2.75) is 51.7 Å². The molecule has 1 aliphatic heterocycles. The van der Waals surface area contributed by atoms with E-state index >= 15 is 0 Å². The molecule has 4 heterocycles. The lowest BCUT2D eigenvalue weighted by Crippen LogP contribution is -2.52. The Morgan fingerprint density at radius 2 is 2.11 bits per heavy atom. The van der Waals surface area contributed by atoms with Gasteiger partial charge in [0, 0.05) is 11.4 Å². The normalized spacial score (nSPS) is 22.8. The standard InChI is InChI=1S/C26H25BrFN7O2/c1-13-8-14-16(9-15(13)28)34(24-22(14)23(29)30-12-31-24)11-21(36)35-17(10-26(2)7-6-18(26)35)25(37)33-20-5-3-4-19(27)32-20/h3-5,8-9,12,17-18H,6-7,10-11H2,1-2H3,(H2,29,30,31)(H,32,33,37)/t17-,18+,26+/m0/s1. The van der Waals surface area contributed by atoms with Crippen molar-refractivity contribution in [2.75, 3.05) is 11.1 Å². The lowest BCUT2D eigenvalue weighted by Gasteiger charge is -2.44. The van der Waals surface area contributed by atoms with Crippen molar-refractivity contribution in [1.82, 2.24) is 24.4 Å². The molecule has 3 aromatic heterocycles. The predicted octanol–water partition coefficient (Wildman–Crippen LogP) is 4.18. The number of halogens is 2. The number of nitrogens with two attached hydrogens (primary N) is 1. The number of hydrogen-bond acceptors (Lipinski definition) is 6. The number of nitrogens with one attached hydrogen (secondary N) is 1. The third-order valence-corrected chi connectivity index (χ3v) is 8.37. The van der Waals surface area contributed by atoms with E-state index in [0.29, 0.717) is 44.3 Å². The smallest absolute Gasteiger partial charge is 0.248 e. The highest BCUT2D eigenvalue weighted by molar-refractivity contribution is 9.10. The second kappa shape index (κ2) is 8.47. The monoisotopic (exact) mass is 565 g/mol. The molecule has 37 heavy (non-hydrogen) atoms. The molecule has 3 N–H and O–H groups in total. The van der Waals surface area contributed by atoms with Crippen LogP contribution in [0, 0.1) is 18.2 Å². The Bertz CT molecular complexity index is 1610. The SMILES string of the molecule is Cc1cc2c3c(N)ncnc3n(CC(=O)N3[C@H](C(=O)Nc4cccc(Br)n4)C[C@@]4(C)CC[C@@H]34)c2cc1F. The molecule has 1 saturated heterocycles. The number of nitrogen functional groups attached to an aromatic ring is 1. The van der Waals surface area contributed by atoms with Gasteiger partial charge in [0.15, 0.2) is 0 Å². The molecular formula is C26H25BrFN7O2. The summed E-state index contributed by atoms with van der Waals surface area (Å²) >= 11 is 3.32. The largest absolute Gasteiger partial charge is 0.383 e. The van der Waals surface area contributed by atoms with Crippen molar-refractivity contribution in [3.63, 3.8) is 0 Å². The zero-order valence-corrected chi connectivity index (χ0v) is 21.9. The van der Waals surface area contributed by atoms with Gasteiger partial charge in [0.2, 0.25) is 11.8 Å². The van der Waals surface area contributed by atoms with Gasteiger partial charge in [-0.2, -0.15) is 0 Å². The summed E-state index contributed by atoms with van der Waals surface area (Å²) in [5.41, 5.74) is 7.47. The van der Waals surface area contributed by atoms with Crippen molar-refractivity contribution in [1.29, 1.82) is 0 Å². The van der Waals surface area contributed by atoms with Crippen molar-refractivity contribution < 1.29 is 14.0 Å². The van der Waals surface area contributed by atoms with Crippen molar-refractivity contribution in [2.24, 2.45) is 5.41 Å². The quantitative estimate of drug-likeness (QED) is 0.358. The van der Waals surface area contributed by atoms with E-state index in [0.717, 1.165) is 12.8 Å². The molecule has 0 radical (unpaired) electrons. The molecule has 1 aliphatic carbocycles. The molecule has 2 aliphatic rings. The van der Waals surface area contributed by atoms with E-state index in [1.165, 1.54) is 12.4 Å².